The van der Waals surface area contributed by atoms with Gasteiger partial charge in [0, 0.05) is 43.4 Å². The molecule has 1 aliphatic carbocycles. The monoisotopic (exact) mass is 533 g/mol. The molecule has 0 spiro atoms. The number of halogens is 3. The lowest BCUT2D eigenvalue weighted by molar-refractivity contribution is 0.226. The smallest absolute Gasteiger partial charge is 0.270 e. The van der Waals surface area contributed by atoms with Crippen LogP contribution in [-0.2, 0) is 12.8 Å². The Morgan fingerprint density at radius 1 is 1.11 bits per heavy atom. The van der Waals surface area contributed by atoms with Gasteiger partial charge in [0.2, 0.25) is 11.7 Å². The van der Waals surface area contributed by atoms with E-state index < -0.39 is 17.5 Å². The summed E-state index contributed by atoms with van der Waals surface area (Å²) in [6.07, 6.45) is 6.27. The SMILES string of the molecule is O=c1c2cnc(Nc3ccc4c(c3)CC(N3CC[C@H](F)C3)C4)nc2n2ccnc2n1-c1c(F)cccc1Cl. The van der Waals surface area contributed by atoms with Gasteiger partial charge in [-0.05, 0) is 54.7 Å². The summed E-state index contributed by atoms with van der Waals surface area (Å²) in [7, 11) is 0. The Morgan fingerprint density at radius 2 is 1.97 bits per heavy atom. The summed E-state index contributed by atoms with van der Waals surface area (Å²) >= 11 is 6.27. The molecule has 4 heterocycles. The molecule has 38 heavy (non-hydrogen) atoms. The number of hydrogen-bond acceptors (Lipinski definition) is 6. The van der Waals surface area contributed by atoms with E-state index in [1.54, 1.807) is 10.6 Å². The average Bonchev–Trinajstić information content (AvgIpc) is 3.65. The Bertz CT molecular complexity index is 1770. The molecule has 1 saturated heterocycles. The van der Waals surface area contributed by atoms with Gasteiger partial charge < -0.3 is 5.32 Å². The molecule has 0 amide bonds. The third kappa shape index (κ3) is 3.74. The van der Waals surface area contributed by atoms with Gasteiger partial charge in [-0.15, -0.1) is 0 Å². The molecule has 5 aromatic rings. The third-order valence-electron chi connectivity index (χ3n) is 7.46. The highest BCUT2D eigenvalue weighted by Crippen LogP contribution is 2.31. The van der Waals surface area contributed by atoms with Gasteiger partial charge in [0.25, 0.3) is 5.56 Å². The number of nitrogens with one attached hydrogen (secondary N) is 1. The minimum absolute atomic E-state index is 0.0770. The van der Waals surface area contributed by atoms with Gasteiger partial charge in [0.1, 0.15) is 23.1 Å². The molecule has 0 bridgehead atoms. The number of likely N-dealkylation sites (tertiary alicyclic amines) is 1. The fourth-order valence-electron chi connectivity index (χ4n) is 5.64. The Morgan fingerprint density at radius 3 is 2.79 bits per heavy atom. The highest BCUT2D eigenvalue weighted by atomic mass is 35.5. The van der Waals surface area contributed by atoms with Crippen LogP contribution in [0.25, 0.3) is 22.5 Å². The summed E-state index contributed by atoms with van der Waals surface area (Å²) in [6.45, 7) is 1.33. The zero-order valence-electron chi connectivity index (χ0n) is 20.1. The standard InChI is InChI=1S/C27H22ClF2N7O/c28-21-2-1-3-22(30)23(21)37-25(38)20-13-32-26(34-24(20)36-9-7-31-27(36)37)33-18-5-4-15-11-19(12-16(15)10-18)35-8-6-17(29)14-35/h1-5,7,9-10,13,17,19H,6,8,11-12,14H2,(H,32,33,34)/t17-,19?/m0/s1. The van der Waals surface area contributed by atoms with E-state index in [1.807, 2.05) is 6.07 Å². The number of alkyl halides is 1. The van der Waals surface area contributed by atoms with Crippen molar-refractivity contribution in [1.82, 2.24) is 28.8 Å². The van der Waals surface area contributed by atoms with E-state index in [2.05, 4.69) is 37.3 Å². The number of fused-ring (bicyclic) bond motifs is 4. The molecule has 2 aromatic carbocycles. The highest BCUT2D eigenvalue weighted by molar-refractivity contribution is 6.32. The summed E-state index contributed by atoms with van der Waals surface area (Å²) in [6, 6.07) is 10.7. The molecule has 0 saturated carbocycles. The predicted octanol–water partition coefficient (Wildman–Crippen LogP) is 4.48. The molecule has 1 fully saturated rings. The quantitative estimate of drug-likeness (QED) is 0.367. The van der Waals surface area contributed by atoms with Crippen molar-refractivity contribution in [2.75, 3.05) is 18.4 Å². The van der Waals surface area contributed by atoms with E-state index in [-0.39, 0.29) is 21.9 Å². The number of aromatic nitrogens is 5. The zero-order chi connectivity index (χ0) is 26.0. The van der Waals surface area contributed by atoms with Gasteiger partial charge >= 0.3 is 0 Å². The van der Waals surface area contributed by atoms with E-state index in [4.69, 9.17) is 11.6 Å². The van der Waals surface area contributed by atoms with Crippen molar-refractivity contribution >= 4 is 40.0 Å². The second-order valence-electron chi connectivity index (χ2n) is 9.79. The van der Waals surface area contributed by atoms with E-state index in [1.165, 1.54) is 41.7 Å². The molecule has 2 aliphatic rings. The van der Waals surface area contributed by atoms with Crippen molar-refractivity contribution in [1.29, 1.82) is 0 Å². The number of benzene rings is 2. The molecule has 3 aromatic heterocycles. The largest absolute Gasteiger partial charge is 0.324 e. The molecule has 11 heteroatoms. The molecular formula is C27H22ClF2N7O. The summed E-state index contributed by atoms with van der Waals surface area (Å²) in [5.74, 6) is -0.154. The van der Waals surface area contributed by atoms with Crippen molar-refractivity contribution in [2.45, 2.75) is 31.5 Å². The number of para-hydroxylation sites is 1. The van der Waals surface area contributed by atoms with Crippen LogP contribution in [0, 0.1) is 5.82 Å². The van der Waals surface area contributed by atoms with Crippen molar-refractivity contribution in [3.05, 3.63) is 87.3 Å². The maximum absolute atomic E-state index is 14.7. The van der Waals surface area contributed by atoms with Crippen LogP contribution in [-0.4, -0.2) is 54.1 Å². The Kier molecular flexibility index (Phi) is 5.41. The fraction of sp³-hybridized carbons (Fsp3) is 0.259. The Balaban J connectivity index is 1.24. The van der Waals surface area contributed by atoms with Gasteiger partial charge in [-0.2, -0.15) is 4.98 Å². The molecule has 192 valence electrons. The second-order valence-corrected chi connectivity index (χ2v) is 10.2. The minimum Gasteiger partial charge on any atom is -0.324 e. The average molecular weight is 534 g/mol. The van der Waals surface area contributed by atoms with Crippen molar-refractivity contribution in [2.24, 2.45) is 0 Å². The highest BCUT2D eigenvalue weighted by Gasteiger charge is 2.32. The van der Waals surface area contributed by atoms with Crippen LogP contribution in [0.1, 0.15) is 17.5 Å². The molecule has 1 aliphatic heterocycles. The van der Waals surface area contributed by atoms with E-state index in [0.717, 1.165) is 29.6 Å². The first-order chi connectivity index (χ1) is 18.5. The molecule has 7 rings (SSSR count). The van der Waals surface area contributed by atoms with E-state index >= 15 is 0 Å². The van der Waals surface area contributed by atoms with E-state index in [9.17, 15) is 13.6 Å². The number of imidazole rings is 1. The van der Waals surface area contributed by atoms with Gasteiger partial charge in [0.05, 0.1) is 5.02 Å². The van der Waals surface area contributed by atoms with Gasteiger partial charge in [-0.3, -0.25) is 14.1 Å². The normalized spacial score (nSPS) is 19.4. The first-order valence-electron chi connectivity index (χ1n) is 12.4. The maximum atomic E-state index is 14.7. The van der Waals surface area contributed by atoms with Crippen LogP contribution in [0.2, 0.25) is 5.02 Å². The zero-order valence-corrected chi connectivity index (χ0v) is 20.9. The molecule has 1 unspecified atom stereocenters. The molecule has 1 N–H and O–H groups in total. The summed E-state index contributed by atoms with van der Waals surface area (Å²) in [4.78, 5) is 29.0. The first-order valence-corrected chi connectivity index (χ1v) is 12.8. The fourth-order valence-corrected chi connectivity index (χ4v) is 5.89. The van der Waals surface area contributed by atoms with E-state index in [0.29, 0.717) is 30.6 Å². The lowest BCUT2D eigenvalue weighted by Crippen LogP contribution is -2.34. The number of rotatable bonds is 4. The molecule has 2 atom stereocenters. The van der Waals surface area contributed by atoms with Gasteiger partial charge in [-0.25, -0.2) is 23.3 Å². The van der Waals surface area contributed by atoms with Crippen molar-refractivity contribution in [3.8, 4) is 5.69 Å². The number of anilines is 2. The predicted molar refractivity (Wildman–Crippen MR) is 141 cm³/mol. The summed E-state index contributed by atoms with van der Waals surface area (Å²) in [5.41, 5.74) is 3.05. The van der Waals surface area contributed by atoms with Crippen LogP contribution in [0.3, 0.4) is 0 Å². The van der Waals surface area contributed by atoms with Crippen molar-refractivity contribution < 1.29 is 8.78 Å². The van der Waals surface area contributed by atoms with Gasteiger partial charge in [-0.1, -0.05) is 23.7 Å². The number of nitrogens with zero attached hydrogens (tertiary/aromatic N) is 6. The Hall–Kier alpha value is -3.89. The third-order valence-corrected chi connectivity index (χ3v) is 7.77. The molecule has 0 radical (unpaired) electrons. The first kappa shape index (κ1) is 23.2. The summed E-state index contributed by atoms with van der Waals surface area (Å²) in [5, 5.41) is 3.51. The molecular weight excluding hydrogens is 512 g/mol. The maximum Gasteiger partial charge on any atom is 0.270 e. The van der Waals surface area contributed by atoms with Crippen molar-refractivity contribution in [3.63, 3.8) is 0 Å². The van der Waals surface area contributed by atoms with Crippen LogP contribution < -0.4 is 10.9 Å². The van der Waals surface area contributed by atoms with Crippen LogP contribution in [0.15, 0.2) is 59.8 Å². The summed E-state index contributed by atoms with van der Waals surface area (Å²) < 4.78 is 31.2. The van der Waals surface area contributed by atoms with Crippen LogP contribution in [0.4, 0.5) is 20.4 Å². The lowest BCUT2D eigenvalue weighted by atomic mass is 10.1. The molecule has 8 nitrogen and oxygen atoms in total. The van der Waals surface area contributed by atoms with Gasteiger partial charge in [0.15, 0.2) is 5.65 Å². The Labute approximate surface area is 220 Å². The van der Waals surface area contributed by atoms with Crippen LogP contribution in [0.5, 0.6) is 0 Å². The van der Waals surface area contributed by atoms with Crippen LogP contribution >= 0.6 is 11.6 Å². The number of hydrogen-bond donors (Lipinski definition) is 1. The lowest BCUT2D eigenvalue weighted by Gasteiger charge is -2.22. The second kappa shape index (κ2) is 8.85. The topological polar surface area (TPSA) is 80.3 Å². The minimum atomic E-state index is -0.726.